The summed E-state index contributed by atoms with van der Waals surface area (Å²) in [5.41, 5.74) is 2.55. The van der Waals surface area contributed by atoms with Gasteiger partial charge in [0, 0.05) is 11.5 Å². The normalized spacial score (nSPS) is 21.1. The Bertz CT molecular complexity index is 628. The summed E-state index contributed by atoms with van der Waals surface area (Å²) in [4.78, 5) is 0. The van der Waals surface area contributed by atoms with Crippen LogP contribution in [0.4, 0.5) is 0 Å². The summed E-state index contributed by atoms with van der Waals surface area (Å²) in [5, 5.41) is 3.74. The van der Waals surface area contributed by atoms with Gasteiger partial charge in [0.1, 0.15) is 0 Å². The van der Waals surface area contributed by atoms with Gasteiger partial charge in [-0.2, -0.15) is 0 Å². The Labute approximate surface area is 170 Å². The number of ether oxygens (including phenoxy) is 2. The van der Waals surface area contributed by atoms with E-state index in [2.05, 4.69) is 67.7 Å². The van der Waals surface area contributed by atoms with Crippen molar-refractivity contribution < 1.29 is 9.47 Å². The second-order valence-corrected chi connectivity index (χ2v) is 8.40. The lowest BCUT2D eigenvalue weighted by Crippen LogP contribution is -2.35. The van der Waals surface area contributed by atoms with Gasteiger partial charge in [-0.25, -0.2) is 0 Å². The van der Waals surface area contributed by atoms with Crippen LogP contribution in [0.1, 0.15) is 44.2 Å². The van der Waals surface area contributed by atoms with Gasteiger partial charge in [0.25, 0.3) is 0 Å². The summed E-state index contributed by atoms with van der Waals surface area (Å²) in [6.07, 6.45) is 3.45. The van der Waals surface area contributed by atoms with E-state index in [0.717, 1.165) is 32.6 Å². The van der Waals surface area contributed by atoms with Gasteiger partial charge in [-0.3, -0.25) is 0 Å². The fraction of sp³-hybridized carbons (Fsp3) is 0.520. The van der Waals surface area contributed by atoms with Crippen LogP contribution in [0.5, 0.6) is 0 Å². The predicted octanol–water partition coefficient (Wildman–Crippen LogP) is 5.20. The molecule has 0 spiro atoms. The van der Waals surface area contributed by atoms with E-state index in [9.17, 15) is 0 Å². The third kappa shape index (κ3) is 6.16. The van der Waals surface area contributed by atoms with Crippen molar-refractivity contribution >= 4 is 0 Å². The first-order valence-corrected chi connectivity index (χ1v) is 10.7. The quantitative estimate of drug-likeness (QED) is 0.580. The average Bonchev–Trinajstić information content (AvgIpc) is 3.03. The van der Waals surface area contributed by atoms with Crippen LogP contribution in [-0.4, -0.2) is 25.8 Å². The average molecular weight is 382 g/mol. The van der Waals surface area contributed by atoms with Crippen LogP contribution < -0.4 is 5.32 Å². The van der Waals surface area contributed by atoms with E-state index in [4.69, 9.17) is 9.47 Å². The van der Waals surface area contributed by atoms with Crippen molar-refractivity contribution in [3.05, 3.63) is 71.8 Å². The minimum atomic E-state index is 0.0917. The molecule has 0 unspecified atom stereocenters. The zero-order chi connectivity index (χ0) is 19.7. The highest BCUT2D eigenvalue weighted by molar-refractivity contribution is 5.14. The highest BCUT2D eigenvalue weighted by Gasteiger charge is 2.43. The molecule has 2 aromatic rings. The van der Waals surface area contributed by atoms with Gasteiger partial charge in [0.2, 0.25) is 0 Å². The minimum Gasteiger partial charge on any atom is -0.376 e. The molecule has 1 saturated carbocycles. The second-order valence-electron chi connectivity index (χ2n) is 8.40. The molecule has 3 nitrogen and oxygen atoms in total. The molecule has 3 rings (SSSR count). The second kappa shape index (κ2) is 10.8. The molecular formula is C25H35NO2. The third-order valence-electron chi connectivity index (χ3n) is 5.79. The molecule has 3 heteroatoms. The Kier molecular flexibility index (Phi) is 8.08. The molecule has 28 heavy (non-hydrogen) atoms. The van der Waals surface area contributed by atoms with Crippen molar-refractivity contribution in [1.29, 1.82) is 0 Å². The molecule has 152 valence electrons. The van der Waals surface area contributed by atoms with Gasteiger partial charge < -0.3 is 14.8 Å². The van der Waals surface area contributed by atoms with Crippen LogP contribution in [0.15, 0.2) is 60.7 Å². The van der Waals surface area contributed by atoms with Crippen molar-refractivity contribution in [2.75, 3.05) is 19.8 Å². The zero-order valence-corrected chi connectivity index (χ0v) is 17.4. The number of nitrogens with one attached hydrogen (secondary N) is 1. The van der Waals surface area contributed by atoms with Crippen molar-refractivity contribution in [1.82, 2.24) is 5.32 Å². The van der Waals surface area contributed by atoms with Crippen LogP contribution in [0, 0.1) is 11.3 Å². The molecule has 0 amide bonds. The summed E-state index contributed by atoms with van der Waals surface area (Å²) >= 11 is 0. The van der Waals surface area contributed by atoms with E-state index in [-0.39, 0.29) is 5.41 Å². The van der Waals surface area contributed by atoms with Crippen molar-refractivity contribution in [2.24, 2.45) is 11.3 Å². The first-order chi connectivity index (χ1) is 13.7. The third-order valence-corrected chi connectivity index (χ3v) is 5.79. The summed E-state index contributed by atoms with van der Waals surface area (Å²) in [7, 11) is 0. The topological polar surface area (TPSA) is 30.5 Å². The van der Waals surface area contributed by atoms with Crippen molar-refractivity contribution in [3.8, 4) is 0 Å². The first kappa shape index (κ1) is 21.0. The highest BCUT2D eigenvalue weighted by atomic mass is 16.5. The molecule has 1 fully saturated rings. The molecule has 2 atom stereocenters. The summed E-state index contributed by atoms with van der Waals surface area (Å²) in [5.74, 6) is 0.646. The summed E-state index contributed by atoms with van der Waals surface area (Å²) in [6, 6.07) is 21.4. The molecule has 1 N–H and O–H groups in total. The molecule has 1 aliphatic carbocycles. The van der Waals surface area contributed by atoms with E-state index in [1.54, 1.807) is 0 Å². The Hall–Kier alpha value is -1.68. The molecule has 0 radical (unpaired) electrons. The number of benzene rings is 2. The Morgan fingerprint density at radius 2 is 1.39 bits per heavy atom. The fourth-order valence-electron chi connectivity index (χ4n) is 4.38. The zero-order valence-electron chi connectivity index (χ0n) is 17.4. The number of rotatable bonds is 11. The lowest BCUT2D eigenvalue weighted by molar-refractivity contribution is -0.0321. The lowest BCUT2D eigenvalue weighted by atomic mass is 9.87. The molecule has 2 aromatic carbocycles. The number of hydrogen-bond acceptors (Lipinski definition) is 3. The van der Waals surface area contributed by atoms with Gasteiger partial charge in [0.05, 0.1) is 26.4 Å². The maximum atomic E-state index is 6.20. The molecule has 0 aliphatic heterocycles. The van der Waals surface area contributed by atoms with E-state index in [0.29, 0.717) is 25.2 Å². The highest BCUT2D eigenvalue weighted by Crippen LogP contribution is 2.42. The van der Waals surface area contributed by atoms with Crippen LogP contribution >= 0.6 is 0 Å². The molecular weight excluding hydrogens is 346 g/mol. The van der Waals surface area contributed by atoms with Crippen molar-refractivity contribution in [3.63, 3.8) is 0 Å². The maximum absolute atomic E-state index is 6.20. The minimum absolute atomic E-state index is 0.0917. The first-order valence-electron chi connectivity index (χ1n) is 10.7. The Morgan fingerprint density at radius 3 is 1.89 bits per heavy atom. The smallest absolute Gasteiger partial charge is 0.0717 e. The van der Waals surface area contributed by atoms with E-state index in [1.165, 1.54) is 17.5 Å². The lowest BCUT2D eigenvalue weighted by Gasteiger charge is -2.29. The fourth-order valence-corrected chi connectivity index (χ4v) is 4.38. The predicted molar refractivity (Wildman–Crippen MR) is 115 cm³/mol. The molecule has 1 aliphatic rings. The van der Waals surface area contributed by atoms with Gasteiger partial charge in [-0.05, 0) is 42.9 Å². The van der Waals surface area contributed by atoms with Crippen LogP contribution in [0.3, 0.4) is 0 Å². The maximum Gasteiger partial charge on any atom is 0.0717 e. The monoisotopic (exact) mass is 381 g/mol. The van der Waals surface area contributed by atoms with Crippen molar-refractivity contribution in [2.45, 2.75) is 52.4 Å². The van der Waals surface area contributed by atoms with Crippen LogP contribution in [0.25, 0.3) is 0 Å². The van der Waals surface area contributed by atoms with Gasteiger partial charge >= 0.3 is 0 Å². The van der Waals surface area contributed by atoms with Gasteiger partial charge in [-0.1, -0.05) is 74.5 Å². The standard InChI is InChI=1S/C25H35NO2/c1-3-14-26-24-16-25(15-21(24)2,19-27-17-22-10-6-4-7-11-22)20-28-18-23-12-8-5-9-13-23/h4-13,21,24,26H,3,14-20H2,1-2H3/t21-,24+/m0/s1. The van der Waals surface area contributed by atoms with Gasteiger partial charge in [-0.15, -0.1) is 0 Å². The summed E-state index contributed by atoms with van der Waals surface area (Å²) in [6.45, 7) is 8.53. The molecule has 0 aromatic heterocycles. The summed E-state index contributed by atoms with van der Waals surface area (Å²) < 4.78 is 12.4. The van der Waals surface area contributed by atoms with Gasteiger partial charge in [0.15, 0.2) is 0 Å². The molecule has 0 saturated heterocycles. The Morgan fingerprint density at radius 1 is 0.857 bits per heavy atom. The van der Waals surface area contributed by atoms with Crippen LogP contribution in [-0.2, 0) is 22.7 Å². The number of hydrogen-bond donors (Lipinski definition) is 1. The SMILES string of the molecule is CCCN[C@@H]1CC(COCc2ccccc2)(COCc2ccccc2)C[C@@H]1C. The molecule has 0 bridgehead atoms. The van der Waals surface area contributed by atoms with E-state index in [1.807, 2.05) is 12.1 Å². The van der Waals surface area contributed by atoms with Crippen LogP contribution in [0.2, 0.25) is 0 Å². The van der Waals surface area contributed by atoms with E-state index < -0.39 is 0 Å². The van der Waals surface area contributed by atoms with E-state index >= 15 is 0 Å². The Balaban J connectivity index is 1.58. The molecule has 0 heterocycles. The largest absolute Gasteiger partial charge is 0.376 e.